The third kappa shape index (κ3) is 6.92. The molecule has 1 aromatic heterocycles. The molecule has 0 atom stereocenters. The molecule has 1 rings (SSSR count). The van der Waals surface area contributed by atoms with Gasteiger partial charge in [0.1, 0.15) is 5.60 Å². The molecular weight excluding hydrogens is 282 g/mol. The van der Waals surface area contributed by atoms with Crippen molar-refractivity contribution >= 4 is 24.2 Å². The summed E-state index contributed by atoms with van der Waals surface area (Å²) in [7, 11) is 1.35. The Hall–Kier alpha value is -2.30. The lowest BCUT2D eigenvalue weighted by Gasteiger charge is -2.19. The number of hydrogen-bond acceptors (Lipinski definition) is 4. The molecule has 0 aliphatic carbocycles. The van der Waals surface area contributed by atoms with E-state index in [4.69, 9.17) is 4.74 Å². The van der Waals surface area contributed by atoms with Crippen LogP contribution in [-0.4, -0.2) is 29.3 Å². The van der Waals surface area contributed by atoms with Gasteiger partial charge in [0.25, 0.3) is 0 Å². The molecule has 0 spiro atoms. The van der Waals surface area contributed by atoms with Crippen LogP contribution < -0.4 is 10.6 Å². The van der Waals surface area contributed by atoms with Gasteiger partial charge in [-0.05, 0) is 45.1 Å². The van der Waals surface area contributed by atoms with E-state index < -0.39 is 5.60 Å². The highest BCUT2D eigenvalue weighted by molar-refractivity contribution is 5.71. The van der Waals surface area contributed by atoms with E-state index in [1.54, 1.807) is 18.3 Å². The minimum atomic E-state index is -0.497. The number of ether oxygens (including phenoxy) is 2. The number of nitrogens with zero attached hydrogens (tertiary/aromatic N) is 1. The number of hydrogen-bond donors (Lipinski definition) is 0. The summed E-state index contributed by atoms with van der Waals surface area (Å²) < 4.78 is 10.9. The highest BCUT2D eigenvalue weighted by Gasteiger charge is 2.17. The zero-order valence-electron chi connectivity index (χ0n) is 14.2. The first kappa shape index (κ1) is 19.7. The molecular formula is C17H25NO4. The molecule has 0 saturated carbocycles. The maximum Gasteiger partial charge on any atom is 0.418 e. The van der Waals surface area contributed by atoms with E-state index in [1.807, 2.05) is 39.8 Å². The SMILES string of the molecule is C=C/C=c1\c(=C/C)ccn1C(=O)OC(C)(C)C.COC(C)=O. The third-order valence-corrected chi connectivity index (χ3v) is 2.42. The Morgan fingerprint density at radius 2 is 1.86 bits per heavy atom. The number of esters is 1. The number of carbonyl (C=O) groups excluding carboxylic acids is 2. The molecule has 5 heteroatoms. The van der Waals surface area contributed by atoms with Crippen LogP contribution >= 0.6 is 0 Å². The van der Waals surface area contributed by atoms with Crippen LogP contribution in [0.4, 0.5) is 4.79 Å². The lowest BCUT2D eigenvalue weighted by Crippen LogP contribution is -2.36. The average molecular weight is 307 g/mol. The topological polar surface area (TPSA) is 57.5 Å². The van der Waals surface area contributed by atoms with Crippen molar-refractivity contribution in [2.75, 3.05) is 7.11 Å². The molecule has 0 unspecified atom stereocenters. The van der Waals surface area contributed by atoms with Gasteiger partial charge in [0.2, 0.25) is 0 Å². The van der Waals surface area contributed by atoms with E-state index in [0.717, 1.165) is 10.6 Å². The summed E-state index contributed by atoms with van der Waals surface area (Å²) in [5, 5.41) is 1.77. The number of carbonyl (C=O) groups is 2. The van der Waals surface area contributed by atoms with Gasteiger partial charge in [0.05, 0.1) is 12.5 Å². The Bertz CT molecular complexity index is 633. The van der Waals surface area contributed by atoms with E-state index in [2.05, 4.69) is 11.3 Å². The fraction of sp³-hybridized carbons (Fsp3) is 0.412. The Labute approximate surface area is 131 Å². The Kier molecular flexibility index (Phi) is 7.94. The summed E-state index contributed by atoms with van der Waals surface area (Å²) in [6.45, 7) is 12.5. The first-order valence-corrected chi connectivity index (χ1v) is 6.90. The van der Waals surface area contributed by atoms with Crippen molar-refractivity contribution in [2.24, 2.45) is 0 Å². The van der Waals surface area contributed by atoms with Crippen LogP contribution in [0.2, 0.25) is 0 Å². The molecule has 22 heavy (non-hydrogen) atoms. The molecule has 0 fully saturated rings. The highest BCUT2D eigenvalue weighted by atomic mass is 16.6. The second-order valence-corrected chi connectivity index (χ2v) is 5.39. The van der Waals surface area contributed by atoms with Crippen LogP contribution in [0.5, 0.6) is 0 Å². The maximum atomic E-state index is 12.0. The van der Waals surface area contributed by atoms with Gasteiger partial charge < -0.3 is 9.47 Å². The van der Waals surface area contributed by atoms with E-state index in [-0.39, 0.29) is 12.1 Å². The second-order valence-electron chi connectivity index (χ2n) is 5.39. The minimum Gasteiger partial charge on any atom is -0.469 e. The molecule has 0 N–H and O–H groups in total. The highest BCUT2D eigenvalue weighted by Crippen LogP contribution is 2.07. The average Bonchev–Trinajstić information content (AvgIpc) is 2.81. The normalized spacial score (nSPS) is 12.3. The molecule has 0 amide bonds. The Balaban J connectivity index is 0.000000763. The lowest BCUT2D eigenvalue weighted by atomic mass is 10.2. The molecule has 0 aliphatic rings. The van der Waals surface area contributed by atoms with Gasteiger partial charge in [0.15, 0.2) is 0 Å². The summed E-state index contributed by atoms with van der Waals surface area (Å²) in [6, 6.07) is 1.87. The van der Waals surface area contributed by atoms with Gasteiger partial charge in [-0.1, -0.05) is 18.7 Å². The molecule has 1 heterocycles. The van der Waals surface area contributed by atoms with E-state index in [1.165, 1.54) is 18.6 Å². The van der Waals surface area contributed by atoms with Crippen molar-refractivity contribution < 1.29 is 19.1 Å². The summed E-state index contributed by atoms with van der Waals surface area (Å²) in [5.74, 6) is -0.245. The zero-order chi connectivity index (χ0) is 17.3. The van der Waals surface area contributed by atoms with Gasteiger partial charge in [-0.3, -0.25) is 9.36 Å². The maximum absolute atomic E-state index is 12.0. The summed E-state index contributed by atoms with van der Waals surface area (Å²) in [4.78, 5) is 21.5. The summed E-state index contributed by atoms with van der Waals surface area (Å²) in [5.41, 5.74) is -0.497. The first-order valence-electron chi connectivity index (χ1n) is 6.90. The zero-order valence-corrected chi connectivity index (χ0v) is 14.2. The smallest absolute Gasteiger partial charge is 0.418 e. The number of allylic oxidation sites excluding steroid dienone is 1. The summed E-state index contributed by atoms with van der Waals surface area (Å²) in [6.07, 6.45) is 6.72. The van der Waals surface area contributed by atoms with Crippen molar-refractivity contribution in [3.63, 3.8) is 0 Å². The molecule has 0 saturated heterocycles. The molecule has 0 radical (unpaired) electrons. The monoisotopic (exact) mass is 307 g/mol. The number of aromatic nitrogens is 1. The lowest BCUT2D eigenvalue weighted by molar-refractivity contribution is -0.137. The van der Waals surface area contributed by atoms with Crippen molar-refractivity contribution in [3.05, 3.63) is 35.5 Å². The summed E-state index contributed by atoms with van der Waals surface area (Å²) >= 11 is 0. The molecule has 5 nitrogen and oxygen atoms in total. The second kappa shape index (κ2) is 8.87. The van der Waals surface area contributed by atoms with Gasteiger partial charge in [-0.2, -0.15) is 0 Å². The van der Waals surface area contributed by atoms with Crippen molar-refractivity contribution in [2.45, 2.75) is 40.2 Å². The first-order chi connectivity index (χ1) is 10.2. The van der Waals surface area contributed by atoms with Crippen molar-refractivity contribution in [1.29, 1.82) is 0 Å². The predicted molar refractivity (Wildman–Crippen MR) is 87.8 cm³/mol. The Morgan fingerprint density at radius 1 is 1.32 bits per heavy atom. The quantitative estimate of drug-likeness (QED) is 0.747. The van der Waals surface area contributed by atoms with Crippen LogP contribution in [0.3, 0.4) is 0 Å². The van der Waals surface area contributed by atoms with E-state index in [0.29, 0.717) is 0 Å². The fourth-order valence-corrected chi connectivity index (χ4v) is 1.46. The van der Waals surface area contributed by atoms with E-state index >= 15 is 0 Å². The molecule has 1 aromatic rings. The molecule has 0 bridgehead atoms. The number of rotatable bonds is 1. The molecule has 0 aromatic carbocycles. The van der Waals surface area contributed by atoms with Crippen LogP contribution in [-0.2, 0) is 14.3 Å². The van der Waals surface area contributed by atoms with E-state index in [9.17, 15) is 9.59 Å². The van der Waals surface area contributed by atoms with Gasteiger partial charge >= 0.3 is 12.1 Å². The van der Waals surface area contributed by atoms with Crippen LogP contribution in [0.1, 0.15) is 34.6 Å². The van der Waals surface area contributed by atoms with Gasteiger partial charge in [0, 0.05) is 13.1 Å². The Morgan fingerprint density at radius 3 is 2.23 bits per heavy atom. The third-order valence-electron chi connectivity index (χ3n) is 2.42. The van der Waals surface area contributed by atoms with Gasteiger partial charge in [-0.25, -0.2) is 4.79 Å². The number of methoxy groups -OCH3 is 1. The standard InChI is InChI=1S/C14H19NO2.C3H6O2/c1-6-8-12-11(7-2)9-10-15(12)13(16)17-14(3,4)5;1-3(4)5-2/h6-10H,1H2,2-5H3;1-2H3/b11-7-,12-8+;. The molecule has 122 valence electrons. The minimum absolute atomic E-state index is 0.245. The van der Waals surface area contributed by atoms with Crippen molar-refractivity contribution in [1.82, 2.24) is 4.57 Å². The van der Waals surface area contributed by atoms with Crippen molar-refractivity contribution in [3.8, 4) is 0 Å². The van der Waals surface area contributed by atoms with Crippen LogP contribution in [0, 0.1) is 0 Å². The van der Waals surface area contributed by atoms with Gasteiger partial charge in [-0.15, -0.1) is 0 Å². The fourth-order valence-electron chi connectivity index (χ4n) is 1.46. The largest absolute Gasteiger partial charge is 0.469 e. The predicted octanol–water partition coefficient (Wildman–Crippen LogP) is 2.22. The van der Waals surface area contributed by atoms with Crippen LogP contribution in [0.15, 0.2) is 24.9 Å². The molecule has 0 aliphatic heterocycles. The van der Waals surface area contributed by atoms with Crippen LogP contribution in [0.25, 0.3) is 12.2 Å².